The number of rotatable bonds is 8. The summed E-state index contributed by atoms with van der Waals surface area (Å²) < 4.78 is 7.46. The van der Waals surface area contributed by atoms with Crippen LogP contribution in [0.2, 0.25) is 0 Å². The number of nitrogens with one attached hydrogen (secondary N) is 1. The lowest BCUT2D eigenvalue weighted by atomic mass is 10.1. The van der Waals surface area contributed by atoms with E-state index < -0.39 is 0 Å². The second kappa shape index (κ2) is 11.2. The molecule has 2 rings (SSSR count). The molecular formula is C22H24Br2N2O2. The minimum atomic E-state index is -0.311. The molecule has 0 aromatic heterocycles. The summed E-state index contributed by atoms with van der Waals surface area (Å²) in [6.45, 7) is 6.12. The van der Waals surface area contributed by atoms with Gasteiger partial charge < -0.3 is 4.74 Å². The molecule has 0 aliphatic heterocycles. The summed E-state index contributed by atoms with van der Waals surface area (Å²) in [5.74, 6) is 0.304. The van der Waals surface area contributed by atoms with E-state index in [2.05, 4.69) is 62.3 Å². The second-order valence-corrected chi connectivity index (χ2v) is 8.39. The van der Waals surface area contributed by atoms with Crippen molar-refractivity contribution < 1.29 is 9.53 Å². The molecule has 0 aliphatic carbocycles. The quantitative estimate of drug-likeness (QED) is 0.250. The number of hydrogen-bond acceptors (Lipinski definition) is 3. The van der Waals surface area contributed by atoms with Crippen LogP contribution in [0, 0.1) is 0 Å². The van der Waals surface area contributed by atoms with Crippen molar-refractivity contribution in [2.24, 2.45) is 5.10 Å². The largest absolute Gasteiger partial charge is 0.483 e. The summed E-state index contributed by atoms with van der Waals surface area (Å²) in [4.78, 5) is 11.9. The molecule has 2 aromatic carbocycles. The topological polar surface area (TPSA) is 50.7 Å². The van der Waals surface area contributed by atoms with Crippen molar-refractivity contribution in [3.8, 4) is 5.75 Å². The third-order valence-electron chi connectivity index (χ3n) is 3.95. The van der Waals surface area contributed by atoms with Crippen LogP contribution in [0.1, 0.15) is 33.6 Å². The van der Waals surface area contributed by atoms with Gasteiger partial charge in [-0.3, -0.25) is 4.79 Å². The fourth-order valence-corrected chi connectivity index (χ4v) is 3.46. The standard InChI is InChI=1S/C22H24Br2N2O2/c1-15(2)5-4-6-16(3)11-12-25-26-21(27)14-28-20-10-7-17-13-18(23)8-9-19(17)22(20)24/h5,7-13H,4,6,14H2,1-3H3,(H,26,27). The first kappa shape index (κ1) is 22.4. The maximum absolute atomic E-state index is 11.9. The Bertz CT molecular complexity index is 930. The van der Waals surface area contributed by atoms with Gasteiger partial charge in [-0.15, -0.1) is 0 Å². The van der Waals surface area contributed by atoms with Crippen molar-refractivity contribution in [3.63, 3.8) is 0 Å². The molecule has 0 aliphatic rings. The van der Waals surface area contributed by atoms with Crippen LogP contribution in [-0.4, -0.2) is 18.7 Å². The summed E-state index contributed by atoms with van der Waals surface area (Å²) in [6, 6.07) is 9.79. The van der Waals surface area contributed by atoms with Gasteiger partial charge in [-0.25, -0.2) is 5.43 Å². The molecule has 0 saturated heterocycles. The smallest absolute Gasteiger partial charge is 0.277 e. The van der Waals surface area contributed by atoms with Crippen molar-refractivity contribution in [1.82, 2.24) is 5.43 Å². The average Bonchev–Trinajstić information content (AvgIpc) is 2.64. The third-order valence-corrected chi connectivity index (χ3v) is 5.26. The molecule has 28 heavy (non-hydrogen) atoms. The van der Waals surface area contributed by atoms with E-state index >= 15 is 0 Å². The van der Waals surface area contributed by atoms with Crippen molar-refractivity contribution >= 4 is 54.8 Å². The molecule has 0 saturated carbocycles. The molecule has 0 spiro atoms. The first-order valence-electron chi connectivity index (χ1n) is 8.98. The first-order valence-corrected chi connectivity index (χ1v) is 10.6. The maximum atomic E-state index is 11.9. The number of benzene rings is 2. The van der Waals surface area contributed by atoms with Gasteiger partial charge in [-0.1, -0.05) is 45.3 Å². The Morgan fingerprint density at radius 3 is 2.71 bits per heavy atom. The maximum Gasteiger partial charge on any atom is 0.277 e. The highest BCUT2D eigenvalue weighted by Gasteiger charge is 2.08. The molecule has 0 bridgehead atoms. The van der Waals surface area contributed by atoms with Crippen molar-refractivity contribution in [2.45, 2.75) is 33.6 Å². The van der Waals surface area contributed by atoms with Crippen molar-refractivity contribution in [1.29, 1.82) is 0 Å². The lowest BCUT2D eigenvalue weighted by Gasteiger charge is -2.10. The van der Waals surface area contributed by atoms with E-state index in [-0.39, 0.29) is 12.5 Å². The molecule has 4 nitrogen and oxygen atoms in total. The van der Waals surface area contributed by atoms with Gasteiger partial charge in [0, 0.05) is 10.7 Å². The van der Waals surface area contributed by atoms with E-state index in [1.54, 1.807) is 6.21 Å². The Morgan fingerprint density at radius 1 is 1.18 bits per heavy atom. The third kappa shape index (κ3) is 7.24. The molecule has 148 valence electrons. The van der Waals surface area contributed by atoms with E-state index in [9.17, 15) is 4.79 Å². The summed E-state index contributed by atoms with van der Waals surface area (Å²) in [5.41, 5.74) is 5.00. The van der Waals surface area contributed by atoms with Gasteiger partial charge in [0.05, 0.1) is 4.47 Å². The second-order valence-electron chi connectivity index (χ2n) is 6.68. The fourth-order valence-electron chi connectivity index (χ4n) is 2.48. The zero-order valence-corrected chi connectivity index (χ0v) is 19.4. The van der Waals surface area contributed by atoms with Crippen LogP contribution < -0.4 is 10.2 Å². The van der Waals surface area contributed by atoms with E-state index in [1.165, 1.54) is 11.1 Å². The summed E-state index contributed by atoms with van der Waals surface area (Å²) in [7, 11) is 0. The molecule has 0 heterocycles. The summed E-state index contributed by atoms with van der Waals surface area (Å²) >= 11 is 7.01. The summed E-state index contributed by atoms with van der Waals surface area (Å²) in [6.07, 6.45) is 7.69. The predicted molar refractivity (Wildman–Crippen MR) is 124 cm³/mol. The normalized spacial score (nSPS) is 11.7. The number of amides is 1. The molecule has 0 radical (unpaired) electrons. The van der Waals surface area contributed by atoms with E-state index in [4.69, 9.17) is 4.74 Å². The van der Waals surface area contributed by atoms with E-state index in [1.807, 2.05) is 43.3 Å². The molecule has 6 heteroatoms. The van der Waals surface area contributed by atoms with Crippen LogP contribution in [0.5, 0.6) is 5.75 Å². The molecule has 1 N–H and O–H groups in total. The number of nitrogens with zero attached hydrogens (tertiary/aromatic N) is 1. The molecule has 2 aromatic rings. The zero-order valence-electron chi connectivity index (χ0n) is 16.3. The Hall–Kier alpha value is -1.92. The number of hydrogen-bond donors (Lipinski definition) is 1. The Morgan fingerprint density at radius 2 is 1.96 bits per heavy atom. The van der Waals surface area contributed by atoms with Crippen LogP contribution in [0.15, 0.2) is 67.7 Å². The van der Waals surface area contributed by atoms with Gasteiger partial charge in [-0.2, -0.15) is 5.10 Å². The van der Waals surface area contributed by atoms with Gasteiger partial charge in [-0.05, 0) is 84.6 Å². The zero-order chi connectivity index (χ0) is 20.5. The van der Waals surface area contributed by atoms with Crippen LogP contribution in [0.4, 0.5) is 0 Å². The predicted octanol–water partition coefficient (Wildman–Crippen LogP) is 6.54. The molecule has 0 fully saturated rings. The molecular weight excluding hydrogens is 484 g/mol. The van der Waals surface area contributed by atoms with Gasteiger partial charge in [0.1, 0.15) is 5.75 Å². The highest BCUT2D eigenvalue weighted by molar-refractivity contribution is 9.11. The number of fused-ring (bicyclic) bond motifs is 1. The van der Waals surface area contributed by atoms with Gasteiger partial charge >= 0.3 is 0 Å². The molecule has 1 amide bonds. The Balaban J connectivity index is 1.84. The van der Waals surface area contributed by atoms with E-state index in [0.717, 1.165) is 32.6 Å². The fraction of sp³-hybridized carbons (Fsp3) is 0.273. The molecule has 0 unspecified atom stereocenters. The van der Waals surface area contributed by atoms with Gasteiger partial charge in [0.25, 0.3) is 5.91 Å². The SMILES string of the molecule is CC(C)=CCCC(C)=CC=NNC(=O)COc1ccc2cc(Br)ccc2c1Br. The number of carbonyl (C=O) groups is 1. The first-order chi connectivity index (χ1) is 13.4. The van der Waals surface area contributed by atoms with Crippen molar-refractivity contribution in [2.75, 3.05) is 6.61 Å². The van der Waals surface area contributed by atoms with Crippen LogP contribution in [0.25, 0.3) is 10.8 Å². The number of hydrazone groups is 1. The monoisotopic (exact) mass is 506 g/mol. The molecule has 0 atom stereocenters. The minimum absolute atomic E-state index is 0.110. The van der Waals surface area contributed by atoms with Crippen LogP contribution in [0.3, 0.4) is 0 Å². The summed E-state index contributed by atoms with van der Waals surface area (Å²) in [5, 5.41) is 6.03. The Labute approximate surface area is 183 Å². The highest BCUT2D eigenvalue weighted by atomic mass is 79.9. The highest BCUT2D eigenvalue weighted by Crippen LogP contribution is 2.34. The van der Waals surface area contributed by atoms with Crippen LogP contribution >= 0.6 is 31.9 Å². The number of ether oxygens (including phenoxy) is 1. The van der Waals surface area contributed by atoms with E-state index in [0.29, 0.717) is 5.75 Å². The lowest BCUT2D eigenvalue weighted by Crippen LogP contribution is -2.24. The number of allylic oxidation sites excluding steroid dienone is 4. The number of carbonyl (C=O) groups excluding carboxylic acids is 1. The average molecular weight is 508 g/mol. The number of halogens is 2. The lowest BCUT2D eigenvalue weighted by molar-refractivity contribution is -0.123. The van der Waals surface area contributed by atoms with Gasteiger partial charge in [0.15, 0.2) is 6.61 Å². The van der Waals surface area contributed by atoms with Gasteiger partial charge in [0.2, 0.25) is 0 Å². The van der Waals surface area contributed by atoms with Crippen LogP contribution in [-0.2, 0) is 4.79 Å². The Kier molecular flexibility index (Phi) is 8.93. The minimum Gasteiger partial charge on any atom is -0.483 e. The van der Waals surface area contributed by atoms with Crippen molar-refractivity contribution in [3.05, 3.63) is 62.6 Å².